The highest BCUT2D eigenvalue weighted by Gasteiger charge is 2.38. The van der Waals surface area contributed by atoms with Gasteiger partial charge in [-0.15, -0.1) is 0 Å². The van der Waals surface area contributed by atoms with Gasteiger partial charge in [0.2, 0.25) is 17.7 Å². The molecule has 0 spiro atoms. The summed E-state index contributed by atoms with van der Waals surface area (Å²) in [6.07, 6.45) is 6.18. The number of aliphatic hydroxyl groups excluding tert-OH is 1. The fourth-order valence-corrected chi connectivity index (χ4v) is 3.93. The number of carbonyl (C=O) groups excluding carboxylic acids is 3. The van der Waals surface area contributed by atoms with Crippen LogP contribution in [0, 0.1) is 0 Å². The van der Waals surface area contributed by atoms with Crippen LogP contribution in [-0.2, 0) is 25.6 Å². The van der Waals surface area contributed by atoms with E-state index in [4.69, 9.17) is 5.73 Å². The monoisotopic (exact) mass is 470 g/mol. The van der Waals surface area contributed by atoms with E-state index in [1.807, 2.05) is 6.26 Å². The quantitative estimate of drug-likeness (QED) is 0.202. The molecule has 13 heteroatoms. The topological polar surface area (TPSA) is 191 Å². The van der Waals surface area contributed by atoms with Crippen molar-refractivity contribution in [2.75, 3.05) is 25.2 Å². The number of aliphatic carboxylic acids is 1. The second kappa shape index (κ2) is 12.4. The van der Waals surface area contributed by atoms with Crippen LogP contribution >= 0.6 is 11.8 Å². The fourth-order valence-electron chi connectivity index (χ4n) is 3.45. The Bertz CT molecular complexity index is 791. The minimum Gasteiger partial charge on any atom is -0.480 e. The van der Waals surface area contributed by atoms with E-state index in [1.165, 1.54) is 18.1 Å². The standard InChI is InChI=1S/C19H30N6O6S/c1-32-6-4-13(23-16(27)12(20)7-11-8-21-10-22-11)17(28)24-14(9-26)18(29)25-5-2-3-15(25)19(30)31/h8,10,12-15,26H,2-7,9,20H2,1H3,(H,21,22)(H,23,27)(H,24,28)(H,30,31). The Balaban J connectivity index is 2.02. The number of amides is 3. The number of likely N-dealkylation sites (tertiary alicyclic amines) is 1. The third-order valence-electron chi connectivity index (χ3n) is 5.19. The van der Waals surface area contributed by atoms with Crippen molar-refractivity contribution in [1.29, 1.82) is 0 Å². The predicted octanol–water partition coefficient (Wildman–Crippen LogP) is -1.93. The first-order chi connectivity index (χ1) is 15.3. The van der Waals surface area contributed by atoms with Crippen molar-refractivity contribution in [3.63, 3.8) is 0 Å². The summed E-state index contributed by atoms with van der Waals surface area (Å²) < 4.78 is 0. The Morgan fingerprint density at radius 2 is 2.03 bits per heavy atom. The van der Waals surface area contributed by atoms with Crippen LogP contribution in [0.25, 0.3) is 0 Å². The molecule has 32 heavy (non-hydrogen) atoms. The zero-order valence-corrected chi connectivity index (χ0v) is 18.6. The first-order valence-corrected chi connectivity index (χ1v) is 11.6. The summed E-state index contributed by atoms with van der Waals surface area (Å²) in [7, 11) is 0. The number of carboxylic acids is 1. The molecule has 2 rings (SSSR count). The van der Waals surface area contributed by atoms with Crippen LogP contribution in [-0.4, -0.2) is 98.1 Å². The van der Waals surface area contributed by atoms with Crippen molar-refractivity contribution in [1.82, 2.24) is 25.5 Å². The Kier molecular flexibility index (Phi) is 9.94. The molecule has 1 aliphatic heterocycles. The molecule has 1 aromatic rings. The summed E-state index contributed by atoms with van der Waals surface area (Å²) in [5.74, 6) is -2.44. The Morgan fingerprint density at radius 1 is 1.31 bits per heavy atom. The van der Waals surface area contributed by atoms with Gasteiger partial charge in [-0.1, -0.05) is 0 Å². The molecule has 1 fully saturated rings. The molecule has 1 aliphatic rings. The number of H-pyrrole nitrogens is 1. The molecule has 7 N–H and O–H groups in total. The zero-order chi connectivity index (χ0) is 23.7. The lowest BCUT2D eigenvalue weighted by atomic mass is 10.1. The lowest BCUT2D eigenvalue weighted by Gasteiger charge is -2.28. The van der Waals surface area contributed by atoms with Crippen molar-refractivity contribution in [3.8, 4) is 0 Å². The molecule has 2 heterocycles. The highest BCUT2D eigenvalue weighted by molar-refractivity contribution is 7.98. The van der Waals surface area contributed by atoms with Gasteiger partial charge in [0.1, 0.15) is 18.1 Å². The average molecular weight is 471 g/mol. The molecule has 1 saturated heterocycles. The SMILES string of the molecule is CSCCC(NC(=O)C(N)Cc1cnc[nH]1)C(=O)NC(CO)C(=O)N1CCCC1C(=O)O. The maximum atomic E-state index is 12.8. The summed E-state index contributed by atoms with van der Waals surface area (Å²) in [5.41, 5.74) is 6.60. The van der Waals surface area contributed by atoms with Crippen molar-refractivity contribution in [3.05, 3.63) is 18.2 Å². The molecule has 178 valence electrons. The van der Waals surface area contributed by atoms with Crippen LogP contribution < -0.4 is 16.4 Å². The number of imidazole rings is 1. The van der Waals surface area contributed by atoms with Gasteiger partial charge in [0, 0.05) is 24.9 Å². The van der Waals surface area contributed by atoms with Crippen molar-refractivity contribution in [2.45, 2.75) is 49.9 Å². The second-order valence-corrected chi connectivity index (χ2v) is 8.49. The lowest BCUT2D eigenvalue weighted by molar-refractivity contribution is -0.150. The molecule has 0 bridgehead atoms. The molecule has 0 saturated carbocycles. The number of hydrogen-bond donors (Lipinski definition) is 6. The van der Waals surface area contributed by atoms with Gasteiger partial charge in [0.05, 0.1) is 19.0 Å². The van der Waals surface area contributed by atoms with Gasteiger partial charge < -0.3 is 36.5 Å². The number of rotatable bonds is 12. The summed E-state index contributed by atoms with van der Waals surface area (Å²) >= 11 is 1.48. The van der Waals surface area contributed by atoms with Crippen molar-refractivity contribution < 1.29 is 29.4 Å². The van der Waals surface area contributed by atoms with Gasteiger partial charge in [-0.2, -0.15) is 11.8 Å². The molecule has 3 amide bonds. The van der Waals surface area contributed by atoms with E-state index in [0.717, 1.165) is 4.90 Å². The van der Waals surface area contributed by atoms with Crippen LogP contribution in [0.4, 0.5) is 0 Å². The lowest BCUT2D eigenvalue weighted by Crippen LogP contribution is -2.58. The van der Waals surface area contributed by atoms with E-state index >= 15 is 0 Å². The second-order valence-electron chi connectivity index (χ2n) is 7.50. The van der Waals surface area contributed by atoms with Crippen LogP contribution in [0.15, 0.2) is 12.5 Å². The van der Waals surface area contributed by atoms with E-state index in [-0.39, 0.29) is 19.4 Å². The predicted molar refractivity (Wildman–Crippen MR) is 117 cm³/mol. The number of nitrogens with one attached hydrogen (secondary N) is 3. The van der Waals surface area contributed by atoms with Crippen molar-refractivity contribution >= 4 is 35.5 Å². The number of thioether (sulfide) groups is 1. The number of aromatic nitrogens is 2. The average Bonchev–Trinajstić information content (AvgIpc) is 3.46. The van der Waals surface area contributed by atoms with Crippen LogP contribution in [0.2, 0.25) is 0 Å². The van der Waals surface area contributed by atoms with E-state index < -0.39 is 54.5 Å². The first-order valence-electron chi connectivity index (χ1n) is 10.2. The minimum atomic E-state index is -1.31. The molecule has 4 unspecified atom stereocenters. The maximum Gasteiger partial charge on any atom is 0.326 e. The van der Waals surface area contributed by atoms with Crippen molar-refractivity contribution in [2.24, 2.45) is 5.73 Å². The van der Waals surface area contributed by atoms with Gasteiger partial charge in [0.25, 0.3) is 0 Å². The molecule has 12 nitrogen and oxygen atoms in total. The van der Waals surface area contributed by atoms with E-state index in [2.05, 4.69) is 20.6 Å². The number of carboxylic acid groups (broad SMARTS) is 1. The largest absolute Gasteiger partial charge is 0.480 e. The molecule has 0 aliphatic carbocycles. The summed E-state index contributed by atoms with van der Waals surface area (Å²) in [6.45, 7) is -0.465. The molecule has 0 aromatic carbocycles. The summed E-state index contributed by atoms with van der Waals surface area (Å²) in [6, 6.07) is -4.19. The number of nitrogens with zero attached hydrogens (tertiary/aromatic N) is 2. The molecule has 4 atom stereocenters. The number of carbonyl (C=O) groups is 4. The number of aliphatic hydroxyl groups is 1. The first kappa shape index (κ1) is 25.6. The maximum absolute atomic E-state index is 12.8. The van der Waals surface area contributed by atoms with E-state index in [9.17, 15) is 29.4 Å². The molecule has 0 radical (unpaired) electrons. The summed E-state index contributed by atoms with van der Waals surface area (Å²) in [4.78, 5) is 57.3. The molecular weight excluding hydrogens is 440 g/mol. The summed E-state index contributed by atoms with van der Waals surface area (Å²) in [5, 5.41) is 24.0. The van der Waals surface area contributed by atoms with Crippen LogP contribution in [0.5, 0.6) is 0 Å². The zero-order valence-electron chi connectivity index (χ0n) is 17.8. The Labute approximate surface area is 189 Å². The third kappa shape index (κ3) is 6.93. The third-order valence-corrected chi connectivity index (χ3v) is 5.84. The fraction of sp³-hybridized carbons (Fsp3) is 0.632. The molecule has 1 aromatic heterocycles. The Hall–Kier alpha value is -2.64. The number of nitrogens with two attached hydrogens (primary N) is 1. The normalized spacial score (nSPS) is 18.6. The van der Waals surface area contributed by atoms with Gasteiger partial charge in [-0.25, -0.2) is 9.78 Å². The van der Waals surface area contributed by atoms with Gasteiger partial charge in [0.15, 0.2) is 0 Å². The molecular formula is C19H30N6O6S. The number of hydrogen-bond acceptors (Lipinski definition) is 8. The highest BCUT2D eigenvalue weighted by atomic mass is 32.2. The van der Waals surface area contributed by atoms with Gasteiger partial charge in [-0.05, 0) is 31.3 Å². The van der Waals surface area contributed by atoms with Crippen LogP contribution in [0.1, 0.15) is 25.0 Å². The Morgan fingerprint density at radius 3 is 2.62 bits per heavy atom. The minimum absolute atomic E-state index is 0.200. The smallest absolute Gasteiger partial charge is 0.326 e. The van der Waals surface area contributed by atoms with Crippen LogP contribution in [0.3, 0.4) is 0 Å². The van der Waals surface area contributed by atoms with E-state index in [0.29, 0.717) is 24.3 Å². The highest BCUT2D eigenvalue weighted by Crippen LogP contribution is 2.18. The van der Waals surface area contributed by atoms with E-state index in [1.54, 1.807) is 6.20 Å². The number of aromatic amines is 1. The van der Waals surface area contributed by atoms with Gasteiger partial charge in [-0.3, -0.25) is 14.4 Å². The van der Waals surface area contributed by atoms with Gasteiger partial charge >= 0.3 is 5.97 Å².